The molecule has 0 fully saturated rings. The molecule has 21 heavy (non-hydrogen) atoms. The lowest BCUT2D eigenvalue weighted by atomic mass is 10.1. The zero-order chi connectivity index (χ0) is 15.6. The number of amides is 1. The molecular weight excluding hydrogens is 288 g/mol. The molecule has 0 radical (unpaired) electrons. The van der Waals surface area contributed by atoms with Gasteiger partial charge in [0.05, 0.1) is 12.8 Å². The number of phenols is 1. The van der Waals surface area contributed by atoms with Crippen LogP contribution in [-0.4, -0.2) is 23.1 Å². The number of aromatic nitrogens is 1. The summed E-state index contributed by atoms with van der Waals surface area (Å²) in [5.41, 5.74) is 1.29. The summed E-state index contributed by atoms with van der Waals surface area (Å²) in [6.07, 6.45) is 0. The Morgan fingerprint density at radius 1 is 1.43 bits per heavy atom. The molecule has 0 unspecified atom stereocenters. The van der Waals surface area contributed by atoms with Crippen molar-refractivity contribution in [2.75, 3.05) is 12.4 Å². The first-order chi connectivity index (χ1) is 9.92. The molecule has 6 heteroatoms. The second-order valence-electron chi connectivity index (χ2n) is 4.95. The molecule has 0 spiro atoms. The number of phenolic OH excluding ortho intramolecular Hbond substituents is 1. The smallest absolute Gasteiger partial charge is 0.228 e. The highest BCUT2D eigenvalue weighted by molar-refractivity contribution is 7.16. The standard InChI is InChI=1S/C15H18N2O3S/c1-8(2)14(19)17-15-16-13(9(3)21-15)11-6-5-10(20-4)7-12(11)18/h5-8,18H,1-4H3,(H,16,17,19). The van der Waals surface area contributed by atoms with Crippen molar-refractivity contribution in [1.29, 1.82) is 0 Å². The van der Waals surface area contributed by atoms with Crippen molar-refractivity contribution in [3.8, 4) is 22.8 Å². The lowest BCUT2D eigenvalue weighted by molar-refractivity contribution is -0.118. The Morgan fingerprint density at radius 2 is 2.14 bits per heavy atom. The van der Waals surface area contributed by atoms with Gasteiger partial charge in [-0.1, -0.05) is 13.8 Å². The molecule has 2 aromatic rings. The van der Waals surface area contributed by atoms with E-state index in [1.807, 2.05) is 20.8 Å². The first-order valence-corrected chi connectivity index (χ1v) is 7.39. The minimum Gasteiger partial charge on any atom is -0.507 e. The van der Waals surface area contributed by atoms with Crippen LogP contribution in [0.2, 0.25) is 0 Å². The minimum atomic E-state index is -0.105. The number of rotatable bonds is 4. The highest BCUT2D eigenvalue weighted by Crippen LogP contribution is 2.37. The largest absolute Gasteiger partial charge is 0.507 e. The van der Waals surface area contributed by atoms with Crippen LogP contribution in [0.5, 0.6) is 11.5 Å². The summed E-state index contributed by atoms with van der Waals surface area (Å²) >= 11 is 1.39. The third-order valence-electron chi connectivity index (χ3n) is 3.01. The van der Waals surface area contributed by atoms with Crippen molar-refractivity contribution >= 4 is 22.4 Å². The van der Waals surface area contributed by atoms with Gasteiger partial charge in [-0.05, 0) is 19.1 Å². The molecule has 1 aromatic heterocycles. The van der Waals surface area contributed by atoms with Crippen LogP contribution in [0.25, 0.3) is 11.3 Å². The van der Waals surface area contributed by atoms with E-state index in [-0.39, 0.29) is 17.6 Å². The van der Waals surface area contributed by atoms with E-state index in [0.29, 0.717) is 22.1 Å². The van der Waals surface area contributed by atoms with Gasteiger partial charge in [0.15, 0.2) is 5.13 Å². The van der Waals surface area contributed by atoms with E-state index in [2.05, 4.69) is 10.3 Å². The van der Waals surface area contributed by atoms with Gasteiger partial charge in [-0.15, -0.1) is 11.3 Å². The van der Waals surface area contributed by atoms with E-state index >= 15 is 0 Å². The molecular formula is C15H18N2O3S. The van der Waals surface area contributed by atoms with Gasteiger partial charge in [0.2, 0.25) is 5.91 Å². The van der Waals surface area contributed by atoms with Crippen LogP contribution >= 0.6 is 11.3 Å². The van der Waals surface area contributed by atoms with Gasteiger partial charge in [-0.2, -0.15) is 0 Å². The van der Waals surface area contributed by atoms with Crippen LogP contribution < -0.4 is 10.1 Å². The summed E-state index contributed by atoms with van der Waals surface area (Å²) in [4.78, 5) is 17.0. The number of aryl methyl sites for hydroxylation is 1. The predicted octanol–water partition coefficient (Wildman–Crippen LogP) is 3.43. The van der Waals surface area contributed by atoms with E-state index < -0.39 is 0 Å². The molecule has 0 saturated heterocycles. The molecule has 0 aliphatic heterocycles. The normalized spacial score (nSPS) is 10.7. The second-order valence-corrected chi connectivity index (χ2v) is 6.15. The van der Waals surface area contributed by atoms with E-state index in [1.165, 1.54) is 11.3 Å². The molecule has 5 nitrogen and oxygen atoms in total. The number of nitrogens with zero attached hydrogens (tertiary/aromatic N) is 1. The fourth-order valence-electron chi connectivity index (χ4n) is 1.79. The Balaban J connectivity index is 2.33. The molecule has 0 aliphatic rings. The van der Waals surface area contributed by atoms with E-state index in [4.69, 9.17) is 4.74 Å². The highest BCUT2D eigenvalue weighted by Gasteiger charge is 2.16. The number of ether oxygens (including phenoxy) is 1. The van der Waals surface area contributed by atoms with Gasteiger partial charge < -0.3 is 15.2 Å². The maximum absolute atomic E-state index is 11.7. The molecule has 2 rings (SSSR count). The summed E-state index contributed by atoms with van der Waals surface area (Å²) in [7, 11) is 1.54. The zero-order valence-electron chi connectivity index (χ0n) is 12.4. The van der Waals surface area contributed by atoms with Crippen molar-refractivity contribution in [1.82, 2.24) is 4.98 Å². The Labute approximate surface area is 127 Å². The third-order valence-corrected chi connectivity index (χ3v) is 3.90. The van der Waals surface area contributed by atoms with Gasteiger partial charge in [-0.25, -0.2) is 4.98 Å². The zero-order valence-corrected chi connectivity index (χ0v) is 13.2. The molecule has 1 aromatic carbocycles. The number of nitrogens with one attached hydrogen (secondary N) is 1. The fourth-order valence-corrected chi connectivity index (χ4v) is 2.62. The van der Waals surface area contributed by atoms with E-state index in [9.17, 15) is 9.90 Å². The monoisotopic (exact) mass is 306 g/mol. The van der Waals surface area contributed by atoms with Gasteiger partial charge in [0, 0.05) is 22.4 Å². The lowest BCUT2D eigenvalue weighted by Gasteiger charge is -2.05. The Morgan fingerprint density at radius 3 is 2.71 bits per heavy atom. The number of aromatic hydroxyl groups is 1. The van der Waals surface area contributed by atoms with Crippen LogP contribution in [0.4, 0.5) is 5.13 Å². The molecule has 0 bridgehead atoms. The lowest BCUT2D eigenvalue weighted by Crippen LogP contribution is -2.17. The number of methoxy groups -OCH3 is 1. The quantitative estimate of drug-likeness (QED) is 0.908. The molecule has 0 saturated carbocycles. The van der Waals surface area contributed by atoms with E-state index in [0.717, 1.165) is 4.88 Å². The molecule has 112 valence electrons. The summed E-state index contributed by atoms with van der Waals surface area (Å²) in [5.74, 6) is 0.503. The van der Waals surface area contributed by atoms with Crippen LogP contribution in [0.15, 0.2) is 18.2 Å². The number of benzene rings is 1. The Hall–Kier alpha value is -2.08. The van der Waals surface area contributed by atoms with Crippen molar-refractivity contribution in [2.45, 2.75) is 20.8 Å². The van der Waals surface area contributed by atoms with Crippen molar-refractivity contribution in [3.05, 3.63) is 23.1 Å². The topological polar surface area (TPSA) is 71.5 Å². The maximum Gasteiger partial charge on any atom is 0.228 e. The van der Waals surface area contributed by atoms with Crippen molar-refractivity contribution in [2.24, 2.45) is 5.92 Å². The second kappa shape index (κ2) is 6.13. The minimum absolute atomic E-state index is 0.0748. The highest BCUT2D eigenvalue weighted by atomic mass is 32.1. The summed E-state index contributed by atoms with van der Waals surface area (Å²) in [6, 6.07) is 5.06. The van der Waals surface area contributed by atoms with Crippen LogP contribution in [0.3, 0.4) is 0 Å². The number of anilines is 1. The van der Waals surface area contributed by atoms with Crippen LogP contribution in [0, 0.1) is 12.8 Å². The van der Waals surface area contributed by atoms with Gasteiger partial charge >= 0.3 is 0 Å². The van der Waals surface area contributed by atoms with Crippen molar-refractivity contribution in [3.63, 3.8) is 0 Å². The SMILES string of the molecule is COc1ccc(-c2nc(NC(=O)C(C)C)sc2C)c(O)c1. The summed E-state index contributed by atoms with van der Waals surface area (Å²) in [6.45, 7) is 5.56. The molecule has 0 aliphatic carbocycles. The van der Waals surface area contributed by atoms with Crippen LogP contribution in [-0.2, 0) is 4.79 Å². The molecule has 2 N–H and O–H groups in total. The maximum atomic E-state index is 11.7. The molecule has 1 heterocycles. The Kier molecular flexibility index (Phi) is 4.47. The fraction of sp³-hybridized carbons (Fsp3) is 0.333. The first-order valence-electron chi connectivity index (χ1n) is 6.58. The average Bonchev–Trinajstić information content (AvgIpc) is 2.79. The van der Waals surface area contributed by atoms with Gasteiger partial charge in [-0.3, -0.25) is 4.79 Å². The number of carbonyl (C=O) groups is 1. The number of carbonyl (C=O) groups excluding carboxylic acids is 1. The number of hydrogen-bond donors (Lipinski definition) is 2. The molecule has 1 amide bonds. The average molecular weight is 306 g/mol. The Bertz CT molecular complexity index is 665. The van der Waals surface area contributed by atoms with Crippen molar-refractivity contribution < 1.29 is 14.6 Å². The third kappa shape index (κ3) is 3.33. The summed E-state index contributed by atoms with van der Waals surface area (Å²) in [5, 5.41) is 13.4. The van der Waals surface area contributed by atoms with E-state index in [1.54, 1.807) is 25.3 Å². The number of thiazole rings is 1. The van der Waals surface area contributed by atoms with Gasteiger partial charge in [0.25, 0.3) is 0 Å². The predicted molar refractivity (Wildman–Crippen MR) is 84.0 cm³/mol. The number of hydrogen-bond acceptors (Lipinski definition) is 5. The summed E-state index contributed by atoms with van der Waals surface area (Å²) < 4.78 is 5.07. The van der Waals surface area contributed by atoms with Crippen LogP contribution in [0.1, 0.15) is 18.7 Å². The molecule has 0 atom stereocenters. The van der Waals surface area contributed by atoms with Gasteiger partial charge in [0.1, 0.15) is 11.5 Å². The first kappa shape index (κ1) is 15.3.